The predicted octanol–water partition coefficient (Wildman–Crippen LogP) is 5.35. The summed E-state index contributed by atoms with van der Waals surface area (Å²) < 4.78 is 6.32. The second-order valence-corrected chi connectivity index (χ2v) is 6.86. The summed E-state index contributed by atoms with van der Waals surface area (Å²) in [6, 6.07) is 21.6. The molecule has 26 heavy (non-hydrogen) atoms. The van der Waals surface area contributed by atoms with Crippen LogP contribution < -0.4 is 0 Å². The first-order valence-electron chi connectivity index (χ1n) is 8.16. The van der Waals surface area contributed by atoms with Crippen molar-refractivity contribution in [2.75, 3.05) is 0 Å². The van der Waals surface area contributed by atoms with Crippen LogP contribution in [0.3, 0.4) is 0 Å². The Hall–Kier alpha value is -2.72. The molecule has 0 N–H and O–H groups in total. The lowest BCUT2D eigenvalue weighted by molar-refractivity contribution is 0.0470. The molecule has 130 valence electrons. The van der Waals surface area contributed by atoms with Gasteiger partial charge in [-0.25, -0.2) is 4.79 Å². The fraction of sp³-hybridized carbons (Fsp3) is 0.0909. The molecule has 0 aliphatic carbocycles. The van der Waals surface area contributed by atoms with E-state index in [9.17, 15) is 9.59 Å². The molecule has 0 radical (unpaired) electrons. The highest BCUT2D eigenvalue weighted by molar-refractivity contribution is 9.10. The second-order valence-electron chi connectivity index (χ2n) is 5.95. The van der Waals surface area contributed by atoms with Crippen LogP contribution in [-0.4, -0.2) is 11.8 Å². The topological polar surface area (TPSA) is 43.4 Å². The summed E-state index contributed by atoms with van der Waals surface area (Å²) >= 11 is 3.39. The van der Waals surface area contributed by atoms with E-state index in [2.05, 4.69) is 15.9 Å². The van der Waals surface area contributed by atoms with Gasteiger partial charge < -0.3 is 4.74 Å². The van der Waals surface area contributed by atoms with Gasteiger partial charge in [0.25, 0.3) is 0 Å². The lowest BCUT2D eigenvalue weighted by atomic mass is 9.98. The van der Waals surface area contributed by atoms with Crippen LogP contribution >= 0.6 is 15.9 Å². The summed E-state index contributed by atoms with van der Waals surface area (Å²) in [6.07, 6.45) is 0. The van der Waals surface area contributed by atoms with E-state index in [0.29, 0.717) is 11.1 Å². The Morgan fingerprint density at radius 3 is 2.27 bits per heavy atom. The Balaban J connectivity index is 1.81. The van der Waals surface area contributed by atoms with Gasteiger partial charge in [0.1, 0.15) is 6.61 Å². The minimum absolute atomic E-state index is 0.144. The molecule has 0 bridgehead atoms. The van der Waals surface area contributed by atoms with Crippen molar-refractivity contribution >= 4 is 27.7 Å². The van der Waals surface area contributed by atoms with Crippen molar-refractivity contribution in [1.82, 2.24) is 0 Å². The van der Waals surface area contributed by atoms with Crippen LogP contribution in [0.4, 0.5) is 0 Å². The van der Waals surface area contributed by atoms with Gasteiger partial charge in [-0.3, -0.25) is 4.79 Å². The maximum atomic E-state index is 12.8. The van der Waals surface area contributed by atoms with E-state index in [4.69, 9.17) is 4.74 Å². The molecule has 3 rings (SSSR count). The van der Waals surface area contributed by atoms with Gasteiger partial charge in [0, 0.05) is 15.6 Å². The lowest BCUT2D eigenvalue weighted by Gasteiger charge is -2.10. The third-order valence-electron chi connectivity index (χ3n) is 3.96. The minimum Gasteiger partial charge on any atom is -0.457 e. The van der Waals surface area contributed by atoms with E-state index < -0.39 is 5.97 Å². The number of benzene rings is 3. The Kier molecular flexibility index (Phi) is 5.64. The van der Waals surface area contributed by atoms with Crippen LogP contribution in [0, 0.1) is 6.92 Å². The highest BCUT2D eigenvalue weighted by Gasteiger charge is 2.19. The van der Waals surface area contributed by atoms with Gasteiger partial charge in [-0.2, -0.15) is 0 Å². The number of rotatable bonds is 5. The largest absolute Gasteiger partial charge is 0.457 e. The van der Waals surface area contributed by atoms with Crippen LogP contribution in [0.15, 0.2) is 77.3 Å². The first kappa shape index (κ1) is 18.1. The van der Waals surface area contributed by atoms with Crippen molar-refractivity contribution < 1.29 is 14.3 Å². The van der Waals surface area contributed by atoms with Gasteiger partial charge in [-0.15, -0.1) is 0 Å². The number of hydrogen-bond acceptors (Lipinski definition) is 3. The van der Waals surface area contributed by atoms with Gasteiger partial charge in [0.05, 0.1) is 5.56 Å². The highest BCUT2D eigenvalue weighted by Crippen LogP contribution is 2.18. The molecule has 0 aromatic heterocycles. The van der Waals surface area contributed by atoms with E-state index in [0.717, 1.165) is 15.6 Å². The molecule has 0 aliphatic heterocycles. The maximum absolute atomic E-state index is 12.8. The molecular weight excluding hydrogens is 392 g/mol. The van der Waals surface area contributed by atoms with Crippen LogP contribution in [-0.2, 0) is 11.3 Å². The molecular formula is C22H17BrO3. The van der Waals surface area contributed by atoms with Crippen molar-refractivity contribution in [3.8, 4) is 0 Å². The highest BCUT2D eigenvalue weighted by atomic mass is 79.9. The van der Waals surface area contributed by atoms with Crippen molar-refractivity contribution in [3.05, 3.63) is 105 Å². The third-order valence-corrected chi connectivity index (χ3v) is 4.46. The van der Waals surface area contributed by atoms with Gasteiger partial charge in [0.2, 0.25) is 0 Å². The molecule has 4 heteroatoms. The molecule has 0 fully saturated rings. The average Bonchev–Trinajstić information content (AvgIpc) is 2.66. The Labute approximate surface area is 160 Å². The van der Waals surface area contributed by atoms with Crippen LogP contribution in [0.2, 0.25) is 0 Å². The van der Waals surface area contributed by atoms with E-state index in [1.165, 1.54) is 0 Å². The monoisotopic (exact) mass is 408 g/mol. The first-order valence-corrected chi connectivity index (χ1v) is 8.96. The molecule has 0 unspecified atom stereocenters. The van der Waals surface area contributed by atoms with E-state index >= 15 is 0 Å². The van der Waals surface area contributed by atoms with Crippen LogP contribution in [0.1, 0.15) is 37.4 Å². The van der Waals surface area contributed by atoms with Gasteiger partial charge >= 0.3 is 5.97 Å². The number of carbonyl (C=O) groups excluding carboxylic acids is 2. The van der Waals surface area contributed by atoms with Crippen molar-refractivity contribution in [2.45, 2.75) is 13.5 Å². The Morgan fingerprint density at radius 2 is 1.58 bits per heavy atom. The normalized spacial score (nSPS) is 10.4. The summed E-state index contributed by atoms with van der Waals surface area (Å²) in [5, 5.41) is 0. The van der Waals surface area contributed by atoms with Crippen molar-refractivity contribution in [1.29, 1.82) is 0 Å². The summed E-state index contributed by atoms with van der Waals surface area (Å²) in [5.41, 5.74) is 3.10. The number of aryl methyl sites for hydroxylation is 1. The van der Waals surface area contributed by atoms with E-state index in [-0.39, 0.29) is 18.0 Å². The standard InChI is InChI=1S/C22H17BrO3/c1-15-9-11-17(12-10-15)21(24)19-7-2-3-8-20(19)22(25)26-14-16-5-4-6-18(23)13-16/h2-13H,14H2,1H3. The molecule has 3 nitrogen and oxygen atoms in total. The fourth-order valence-corrected chi connectivity index (χ4v) is 3.02. The molecule has 0 spiro atoms. The fourth-order valence-electron chi connectivity index (χ4n) is 2.57. The van der Waals surface area contributed by atoms with Crippen LogP contribution in [0.5, 0.6) is 0 Å². The molecule has 0 atom stereocenters. The number of esters is 1. The molecule has 0 aliphatic rings. The summed E-state index contributed by atoms with van der Waals surface area (Å²) in [6.45, 7) is 2.10. The molecule has 0 saturated heterocycles. The predicted molar refractivity (Wildman–Crippen MR) is 104 cm³/mol. The first-order chi connectivity index (χ1) is 12.5. The van der Waals surface area contributed by atoms with Crippen molar-refractivity contribution in [2.24, 2.45) is 0 Å². The molecule has 3 aromatic rings. The molecule has 3 aromatic carbocycles. The average molecular weight is 409 g/mol. The van der Waals surface area contributed by atoms with E-state index in [1.54, 1.807) is 36.4 Å². The van der Waals surface area contributed by atoms with Gasteiger partial charge in [-0.05, 0) is 30.7 Å². The Morgan fingerprint density at radius 1 is 0.885 bits per heavy atom. The smallest absolute Gasteiger partial charge is 0.339 e. The summed E-state index contributed by atoms with van der Waals surface area (Å²) in [5.74, 6) is -0.707. The van der Waals surface area contributed by atoms with Gasteiger partial charge in [0.15, 0.2) is 5.78 Å². The molecule has 0 saturated carbocycles. The third kappa shape index (κ3) is 4.27. The lowest BCUT2D eigenvalue weighted by Crippen LogP contribution is -2.12. The Bertz CT molecular complexity index is 946. The maximum Gasteiger partial charge on any atom is 0.339 e. The van der Waals surface area contributed by atoms with Crippen molar-refractivity contribution in [3.63, 3.8) is 0 Å². The quantitative estimate of drug-likeness (QED) is 0.422. The minimum atomic E-state index is -0.513. The number of ketones is 1. The number of carbonyl (C=O) groups is 2. The SMILES string of the molecule is Cc1ccc(C(=O)c2ccccc2C(=O)OCc2cccc(Br)c2)cc1. The zero-order chi connectivity index (χ0) is 18.5. The molecule has 0 amide bonds. The number of halogens is 1. The zero-order valence-electron chi connectivity index (χ0n) is 14.2. The summed E-state index contributed by atoms with van der Waals surface area (Å²) in [4.78, 5) is 25.3. The molecule has 0 heterocycles. The van der Waals surface area contributed by atoms with Gasteiger partial charge in [-0.1, -0.05) is 76.1 Å². The second kappa shape index (κ2) is 8.11. The number of ether oxygens (including phenoxy) is 1. The zero-order valence-corrected chi connectivity index (χ0v) is 15.8. The number of hydrogen-bond donors (Lipinski definition) is 0. The summed E-state index contributed by atoms with van der Waals surface area (Å²) in [7, 11) is 0. The van der Waals surface area contributed by atoms with E-state index in [1.807, 2.05) is 43.3 Å². The van der Waals surface area contributed by atoms with Crippen LogP contribution in [0.25, 0.3) is 0 Å².